The van der Waals surface area contributed by atoms with Crippen molar-refractivity contribution in [3.05, 3.63) is 144 Å². The number of anilines is 1. The highest BCUT2D eigenvalue weighted by Gasteiger charge is 2.37. The summed E-state index contributed by atoms with van der Waals surface area (Å²) in [7, 11) is 5.41. The lowest BCUT2D eigenvalue weighted by molar-refractivity contribution is -0.134. The molecule has 8 rings (SSSR count). The molecule has 4 heterocycles. The maximum absolute atomic E-state index is 13.9. The van der Waals surface area contributed by atoms with Gasteiger partial charge in [0.25, 0.3) is 5.91 Å². The van der Waals surface area contributed by atoms with Crippen molar-refractivity contribution >= 4 is 23.8 Å². The summed E-state index contributed by atoms with van der Waals surface area (Å²) in [6.45, 7) is 2.53. The molecular formula is C47H50N8O3. The minimum atomic E-state index is -0.860. The Labute approximate surface area is 339 Å². The minimum Gasteiger partial charge on any atom is -0.453 e. The molecule has 2 aromatic heterocycles. The Kier molecular flexibility index (Phi) is 11.5. The second kappa shape index (κ2) is 17.4. The Balaban J connectivity index is 0.895. The van der Waals surface area contributed by atoms with Crippen LogP contribution in [0.2, 0.25) is 0 Å². The number of rotatable bonds is 12. The van der Waals surface area contributed by atoms with Crippen LogP contribution < -0.4 is 10.2 Å². The zero-order valence-electron chi connectivity index (χ0n) is 33.3. The lowest BCUT2D eigenvalue weighted by Crippen LogP contribution is -2.42. The van der Waals surface area contributed by atoms with Crippen molar-refractivity contribution in [2.24, 2.45) is 0 Å². The van der Waals surface area contributed by atoms with E-state index in [1.807, 2.05) is 47.6 Å². The summed E-state index contributed by atoms with van der Waals surface area (Å²) >= 11 is 0. The van der Waals surface area contributed by atoms with E-state index in [1.165, 1.54) is 18.4 Å². The van der Waals surface area contributed by atoms with Crippen LogP contribution in [-0.2, 0) is 9.53 Å². The van der Waals surface area contributed by atoms with Crippen LogP contribution in [0.5, 0.6) is 0 Å². The predicted molar refractivity (Wildman–Crippen MR) is 229 cm³/mol. The van der Waals surface area contributed by atoms with Gasteiger partial charge in [0.05, 0.1) is 43.0 Å². The van der Waals surface area contributed by atoms with E-state index in [0.717, 1.165) is 84.1 Å². The first-order chi connectivity index (χ1) is 28.3. The number of H-pyrrole nitrogens is 2. The highest BCUT2D eigenvalue weighted by atomic mass is 16.5. The molecule has 2 aliphatic rings. The van der Waals surface area contributed by atoms with Crippen LogP contribution in [0, 0.1) is 0 Å². The zero-order valence-corrected chi connectivity index (χ0v) is 33.3. The maximum Gasteiger partial charge on any atom is 0.407 e. The smallest absolute Gasteiger partial charge is 0.407 e. The summed E-state index contributed by atoms with van der Waals surface area (Å²) in [6, 6.07) is 34.1. The summed E-state index contributed by atoms with van der Waals surface area (Å²) in [5.74, 6) is 1.56. The van der Waals surface area contributed by atoms with E-state index in [9.17, 15) is 9.59 Å². The van der Waals surface area contributed by atoms with Crippen LogP contribution in [0.25, 0.3) is 39.7 Å². The first-order valence-electron chi connectivity index (χ1n) is 20.0. The normalized spacial score (nSPS) is 17.5. The highest BCUT2D eigenvalue weighted by Crippen LogP contribution is 2.35. The van der Waals surface area contributed by atoms with Gasteiger partial charge in [-0.05, 0) is 77.7 Å². The van der Waals surface area contributed by atoms with Crippen molar-refractivity contribution < 1.29 is 14.3 Å². The molecule has 0 spiro atoms. The van der Waals surface area contributed by atoms with E-state index in [0.29, 0.717) is 12.1 Å². The van der Waals surface area contributed by atoms with Crippen molar-refractivity contribution in [1.29, 1.82) is 0 Å². The monoisotopic (exact) mass is 774 g/mol. The number of methoxy groups -OCH3 is 1. The van der Waals surface area contributed by atoms with Gasteiger partial charge in [-0.2, -0.15) is 0 Å². The molecule has 2 aliphatic heterocycles. The van der Waals surface area contributed by atoms with E-state index >= 15 is 0 Å². The van der Waals surface area contributed by atoms with Crippen molar-refractivity contribution in [3.8, 4) is 33.6 Å². The number of hydrogen-bond donors (Lipinski definition) is 3. The second-order valence-corrected chi connectivity index (χ2v) is 15.2. The number of imidazole rings is 2. The largest absolute Gasteiger partial charge is 0.453 e. The van der Waals surface area contributed by atoms with Crippen LogP contribution >= 0.6 is 0 Å². The van der Waals surface area contributed by atoms with Gasteiger partial charge in [0.15, 0.2) is 0 Å². The molecule has 3 atom stereocenters. The number of carbonyl (C=O) groups is 2. The number of hydrogen-bond acceptors (Lipinski definition) is 7. The molecule has 296 valence electrons. The topological polar surface area (TPSA) is 122 Å². The summed E-state index contributed by atoms with van der Waals surface area (Å²) in [6.07, 6.45) is 11.5. The average molecular weight is 775 g/mol. The fraction of sp³-hybridized carbons (Fsp3) is 0.277. The number of carbonyl (C=O) groups excluding carboxylic acids is 2. The quantitative estimate of drug-likeness (QED) is 0.114. The predicted octanol–water partition coefficient (Wildman–Crippen LogP) is 8.81. The van der Waals surface area contributed by atoms with E-state index in [4.69, 9.17) is 14.7 Å². The van der Waals surface area contributed by atoms with E-state index in [1.54, 1.807) is 0 Å². The molecule has 0 unspecified atom stereocenters. The van der Waals surface area contributed by atoms with Gasteiger partial charge >= 0.3 is 6.09 Å². The molecule has 2 saturated heterocycles. The number of amides is 2. The van der Waals surface area contributed by atoms with Gasteiger partial charge in [-0.1, -0.05) is 103 Å². The van der Waals surface area contributed by atoms with Crippen LogP contribution in [0.4, 0.5) is 10.5 Å². The SMILES string of the molecule is COC(=O)N[C@@H](C(=O)N1CCC[C@H]1c1ncc(-c2ccc(-c3ccc(-c4cnc([C@@H]5CCCN5C/C=C/c5ccc(N(C)C)cc5)[nH]4)cc3)cc2)[nH]1)c1ccccc1. The summed E-state index contributed by atoms with van der Waals surface area (Å²) in [4.78, 5) is 49.2. The fourth-order valence-corrected chi connectivity index (χ4v) is 8.14. The summed E-state index contributed by atoms with van der Waals surface area (Å²) in [5, 5.41) is 2.73. The maximum atomic E-state index is 13.9. The van der Waals surface area contributed by atoms with Crippen LogP contribution in [0.15, 0.2) is 122 Å². The molecule has 2 amide bonds. The number of aromatic amines is 2. The third-order valence-electron chi connectivity index (χ3n) is 11.3. The summed E-state index contributed by atoms with van der Waals surface area (Å²) in [5.41, 5.74) is 9.35. The molecule has 6 aromatic rings. The van der Waals surface area contributed by atoms with Gasteiger partial charge < -0.3 is 29.8 Å². The molecule has 11 nitrogen and oxygen atoms in total. The first-order valence-corrected chi connectivity index (χ1v) is 20.0. The van der Waals surface area contributed by atoms with Crippen molar-refractivity contribution in [2.75, 3.05) is 45.7 Å². The standard InChI is InChI=1S/C47H50N8O3/c1-53(2)38-25-15-32(16-26-38)10-7-27-54-28-8-13-41(54)44-48-30-39(50-44)35-21-17-33(18-22-35)34-19-23-36(24-20-34)40-31-49-45(51-40)42-14-9-29-55(42)46(56)43(52-47(57)58-3)37-11-5-4-6-12-37/h4-7,10-12,15-26,30-31,41-43H,8-9,13-14,27-29H2,1-3H3,(H,48,50)(H,49,51)(H,52,57)/b10-7+/t41-,42-,43+/m0/s1. The second-order valence-electron chi connectivity index (χ2n) is 15.2. The number of nitrogens with one attached hydrogen (secondary N) is 3. The van der Waals surface area contributed by atoms with Gasteiger partial charge in [-0.3, -0.25) is 9.69 Å². The lowest BCUT2D eigenvalue weighted by atomic mass is 10.0. The molecule has 4 aromatic carbocycles. The molecule has 0 aliphatic carbocycles. The average Bonchev–Trinajstić information content (AvgIpc) is 4.11. The molecule has 0 radical (unpaired) electrons. The number of nitrogens with zero attached hydrogens (tertiary/aromatic N) is 5. The third-order valence-corrected chi connectivity index (χ3v) is 11.3. The van der Waals surface area contributed by atoms with Crippen LogP contribution in [0.3, 0.4) is 0 Å². The van der Waals surface area contributed by atoms with Crippen LogP contribution in [0.1, 0.15) is 66.6 Å². The molecule has 2 fully saturated rings. The minimum absolute atomic E-state index is 0.192. The van der Waals surface area contributed by atoms with E-state index in [2.05, 4.69) is 124 Å². The van der Waals surface area contributed by atoms with Crippen molar-refractivity contribution in [2.45, 2.75) is 43.8 Å². The molecule has 58 heavy (non-hydrogen) atoms. The van der Waals surface area contributed by atoms with Gasteiger partial charge in [0, 0.05) is 32.9 Å². The molecular weight excluding hydrogens is 725 g/mol. The third kappa shape index (κ3) is 8.45. The lowest BCUT2D eigenvalue weighted by Gasteiger charge is -2.28. The van der Waals surface area contributed by atoms with E-state index in [-0.39, 0.29) is 18.0 Å². The molecule has 11 heteroatoms. The number of alkyl carbamates (subject to hydrolysis) is 1. The first kappa shape index (κ1) is 38.4. The number of benzene rings is 4. The Hall–Kier alpha value is -6.46. The van der Waals surface area contributed by atoms with Gasteiger partial charge in [0.1, 0.15) is 17.7 Å². The van der Waals surface area contributed by atoms with Crippen LogP contribution in [-0.4, -0.2) is 82.6 Å². The Morgan fingerprint density at radius 1 is 0.776 bits per heavy atom. The number of aromatic nitrogens is 4. The number of likely N-dealkylation sites (tertiary alicyclic amines) is 2. The Morgan fingerprint density at radius 2 is 1.34 bits per heavy atom. The molecule has 3 N–H and O–H groups in total. The Morgan fingerprint density at radius 3 is 1.95 bits per heavy atom. The van der Waals surface area contributed by atoms with E-state index < -0.39 is 12.1 Å². The van der Waals surface area contributed by atoms with Gasteiger partial charge in [-0.25, -0.2) is 14.8 Å². The molecule has 0 saturated carbocycles. The highest BCUT2D eigenvalue weighted by molar-refractivity contribution is 5.87. The van der Waals surface area contributed by atoms with Crippen molar-refractivity contribution in [3.63, 3.8) is 0 Å². The molecule has 0 bridgehead atoms. The van der Waals surface area contributed by atoms with Crippen molar-refractivity contribution in [1.82, 2.24) is 35.1 Å². The van der Waals surface area contributed by atoms with Gasteiger partial charge in [0.2, 0.25) is 0 Å². The zero-order chi connectivity index (χ0) is 40.0. The number of ether oxygens (including phenoxy) is 1. The van der Waals surface area contributed by atoms with Gasteiger partial charge in [-0.15, -0.1) is 0 Å². The Bertz CT molecular complexity index is 2330. The summed E-state index contributed by atoms with van der Waals surface area (Å²) < 4.78 is 4.84. The fourth-order valence-electron chi connectivity index (χ4n) is 8.14.